The van der Waals surface area contributed by atoms with Gasteiger partial charge in [-0.3, -0.25) is 0 Å². The molecule has 0 saturated carbocycles. The van der Waals surface area contributed by atoms with Crippen LogP contribution < -0.4 is 9.64 Å². The topological polar surface area (TPSA) is 32.7 Å². The van der Waals surface area contributed by atoms with Gasteiger partial charge in [0.05, 0.1) is 4.47 Å². The Morgan fingerprint density at radius 1 is 1.42 bits per heavy atom. The van der Waals surface area contributed by atoms with Gasteiger partial charge in [-0.1, -0.05) is 0 Å². The normalized spacial score (nSPS) is 19.8. The molecule has 1 aliphatic heterocycles. The van der Waals surface area contributed by atoms with Gasteiger partial charge in [-0.25, -0.2) is 0 Å². The number of halogens is 4. The van der Waals surface area contributed by atoms with Gasteiger partial charge in [0.2, 0.25) is 0 Å². The number of ether oxygens (including phenoxy) is 1. The number of nitrogens with zero attached hydrogens (tertiary/aromatic N) is 1. The molecule has 1 aromatic rings. The lowest BCUT2D eigenvalue weighted by Crippen LogP contribution is -2.21. The van der Waals surface area contributed by atoms with E-state index in [1.807, 2.05) is 4.90 Å². The minimum Gasteiger partial charge on any atom is -0.405 e. The maximum atomic E-state index is 12.1. The van der Waals surface area contributed by atoms with Crippen LogP contribution in [-0.2, 0) is 0 Å². The van der Waals surface area contributed by atoms with Gasteiger partial charge in [-0.15, -0.1) is 13.2 Å². The SMILES string of the molecule is OCC1CCN(c2ccc(OC(F)(F)F)c(Br)c2)C1. The number of anilines is 1. The molecule has 2 rings (SSSR count). The van der Waals surface area contributed by atoms with Gasteiger partial charge in [0.1, 0.15) is 5.75 Å². The first kappa shape index (κ1) is 14.5. The fraction of sp³-hybridized carbons (Fsp3) is 0.500. The smallest absolute Gasteiger partial charge is 0.405 e. The predicted octanol–water partition coefficient (Wildman–Crippen LogP) is 3.17. The molecule has 1 fully saturated rings. The molecule has 1 aliphatic rings. The van der Waals surface area contributed by atoms with Gasteiger partial charge in [0, 0.05) is 31.3 Å². The molecule has 0 amide bonds. The van der Waals surface area contributed by atoms with Crippen LogP contribution in [0.2, 0.25) is 0 Å². The maximum Gasteiger partial charge on any atom is 0.573 e. The minimum absolute atomic E-state index is 0.132. The Bertz CT molecular complexity index is 453. The summed E-state index contributed by atoms with van der Waals surface area (Å²) < 4.78 is 40.6. The van der Waals surface area contributed by atoms with E-state index in [4.69, 9.17) is 5.11 Å². The summed E-state index contributed by atoms with van der Waals surface area (Å²) >= 11 is 3.08. The number of hydrogen-bond donors (Lipinski definition) is 1. The van der Waals surface area contributed by atoms with Crippen molar-refractivity contribution in [2.24, 2.45) is 5.92 Å². The van der Waals surface area contributed by atoms with Gasteiger partial charge >= 0.3 is 6.36 Å². The summed E-state index contributed by atoms with van der Waals surface area (Å²) in [5.41, 5.74) is 0.817. The monoisotopic (exact) mass is 339 g/mol. The molecule has 1 heterocycles. The Morgan fingerprint density at radius 3 is 2.68 bits per heavy atom. The van der Waals surface area contributed by atoms with Crippen LogP contribution in [0.5, 0.6) is 5.75 Å². The van der Waals surface area contributed by atoms with Crippen LogP contribution in [0.25, 0.3) is 0 Å². The van der Waals surface area contributed by atoms with E-state index in [-0.39, 0.29) is 22.7 Å². The van der Waals surface area contributed by atoms with Gasteiger partial charge in [0.15, 0.2) is 0 Å². The van der Waals surface area contributed by atoms with E-state index in [1.54, 1.807) is 12.1 Å². The molecule has 106 valence electrons. The van der Waals surface area contributed by atoms with Gasteiger partial charge < -0.3 is 14.7 Å². The van der Waals surface area contributed by atoms with E-state index < -0.39 is 6.36 Å². The van der Waals surface area contributed by atoms with Gasteiger partial charge in [0.25, 0.3) is 0 Å². The molecule has 19 heavy (non-hydrogen) atoms. The van der Waals surface area contributed by atoms with Crippen molar-refractivity contribution < 1.29 is 23.0 Å². The Kier molecular flexibility index (Phi) is 4.25. The summed E-state index contributed by atoms with van der Waals surface area (Å²) in [4.78, 5) is 2.03. The lowest BCUT2D eigenvalue weighted by molar-refractivity contribution is -0.274. The second-order valence-electron chi connectivity index (χ2n) is 4.45. The summed E-state index contributed by atoms with van der Waals surface area (Å²) in [5.74, 6) is -0.0287. The molecule has 7 heteroatoms. The van der Waals surface area contributed by atoms with E-state index in [1.165, 1.54) is 6.07 Å². The quantitative estimate of drug-likeness (QED) is 0.918. The van der Waals surface area contributed by atoms with Crippen LogP contribution in [0.4, 0.5) is 18.9 Å². The molecule has 1 aromatic carbocycles. The third-order valence-electron chi connectivity index (χ3n) is 3.05. The summed E-state index contributed by atoms with van der Waals surface area (Å²) in [6, 6.07) is 4.48. The Balaban J connectivity index is 2.11. The van der Waals surface area contributed by atoms with Crippen molar-refractivity contribution in [2.45, 2.75) is 12.8 Å². The standard InChI is InChI=1S/C12H13BrF3NO2/c13-10-5-9(17-4-3-8(6-17)7-18)1-2-11(10)19-12(14,15)16/h1-2,5,8,18H,3-4,6-7H2. The van der Waals surface area contributed by atoms with Crippen molar-refractivity contribution in [3.8, 4) is 5.75 Å². The molecular weight excluding hydrogens is 327 g/mol. The van der Waals surface area contributed by atoms with Crippen LogP contribution >= 0.6 is 15.9 Å². The number of aliphatic hydroxyl groups excluding tert-OH is 1. The Morgan fingerprint density at radius 2 is 2.16 bits per heavy atom. The number of alkyl halides is 3. The van der Waals surface area contributed by atoms with Crippen molar-refractivity contribution in [2.75, 3.05) is 24.6 Å². The number of rotatable bonds is 3. The highest BCUT2D eigenvalue weighted by Gasteiger charge is 2.32. The first-order valence-electron chi connectivity index (χ1n) is 5.80. The molecule has 1 N–H and O–H groups in total. The van der Waals surface area contributed by atoms with Crippen molar-refractivity contribution in [3.05, 3.63) is 22.7 Å². The third-order valence-corrected chi connectivity index (χ3v) is 3.67. The van der Waals surface area contributed by atoms with Crippen molar-refractivity contribution in [3.63, 3.8) is 0 Å². The van der Waals surface area contributed by atoms with Crippen molar-refractivity contribution in [1.82, 2.24) is 0 Å². The van der Waals surface area contributed by atoms with E-state index in [2.05, 4.69) is 20.7 Å². The Hall–Kier alpha value is -0.950. The van der Waals surface area contributed by atoms with Crippen LogP contribution in [0.1, 0.15) is 6.42 Å². The summed E-state index contributed by atoms with van der Waals surface area (Å²) in [7, 11) is 0. The average molecular weight is 340 g/mol. The number of benzene rings is 1. The van der Waals surface area contributed by atoms with E-state index >= 15 is 0 Å². The van der Waals surface area contributed by atoms with Crippen LogP contribution in [-0.4, -0.2) is 31.2 Å². The highest BCUT2D eigenvalue weighted by Crippen LogP contribution is 2.34. The molecule has 0 spiro atoms. The first-order valence-corrected chi connectivity index (χ1v) is 6.59. The Labute approximate surface area is 117 Å². The summed E-state index contributed by atoms with van der Waals surface area (Å²) in [5, 5.41) is 9.08. The number of aliphatic hydroxyl groups is 1. The fourth-order valence-electron chi connectivity index (χ4n) is 2.11. The minimum atomic E-state index is -4.69. The molecule has 0 radical (unpaired) electrons. The van der Waals surface area contributed by atoms with Crippen LogP contribution in [0.3, 0.4) is 0 Å². The fourth-order valence-corrected chi connectivity index (χ4v) is 2.56. The predicted molar refractivity (Wildman–Crippen MR) is 68.2 cm³/mol. The molecule has 3 nitrogen and oxygen atoms in total. The molecule has 1 saturated heterocycles. The first-order chi connectivity index (χ1) is 8.89. The molecule has 0 bridgehead atoms. The number of hydrogen-bond acceptors (Lipinski definition) is 3. The zero-order valence-corrected chi connectivity index (χ0v) is 11.5. The lowest BCUT2D eigenvalue weighted by Gasteiger charge is -2.20. The highest BCUT2D eigenvalue weighted by atomic mass is 79.9. The van der Waals surface area contributed by atoms with E-state index in [0.29, 0.717) is 6.54 Å². The second kappa shape index (κ2) is 5.58. The summed E-state index contributed by atoms with van der Waals surface area (Å²) in [6.45, 7) is 1.63. The van der Waals surface area contributed by atoms with Gasteiger partial charge in [-0.05, 0) is 40.5 Å². The van der Waals surface area contributed by atoms with E-state index in [0.717, 1.165) is 18.7 Å². The average Bonchev–Trinajstić information content (AvgIpc) is 2.79. The van der Waals surface area contributed by atoms with Crippen molar-refractivity contribution >= 4 is 21.6 Å². The zero-order valence-electron chi connectivity index (χ0n) is 9.95. The largest absolute Gasteiger partial charge is 0.573 e. The van der Waals surface area contributed by atoms with Gasteiger partial charge in [-0.2, -0.15) is 0 Å². The molecular formula is C12H13BrF3NO2. The molecule has 1 atom stereocenters. The molecule has 1 unspecified atom stereocenters. The second-order valence-corrected chi connectivity index (χ2v) is 5.30. The van der Waals surface area contributed by atoms with Crippen LogP contribution in [0, 0.1) is 5.92 Å². The highest BCUT2D eigenvalue weighted by molar-refractivity contribution is 9.10. The third kappa shape index (κ3) is 3.76. The van der Waals surface area contributed by atoms with Crippen molar-refractivity contribution in [1.29, 1.82) is 0 Å². The lowest BCUT2D eigenvalue weighted by atomic mass is 10.1. The maximum absolute atomic E-state index is 12.1. The van der Waals surface area contributed by atoms with E-state index in [9.17, 15) is 13.2 Å². The molecule has 0 aromatic heterocycles. The van der Waals surface area contributed by atoms with Crippen LogP contribution in [0.15, 0.2) is 22.7 Å². The summed E-state index contributed by atoms with van der Waals surface area (Å²) in [6.07, 6.45) is -3.81. The zero-order chi connectivity index (χ0) is 14.0. The molecule has 0 aliphatic carbocycles.